The minimum Gasteiger partial charge on any atom is -0.434 e. The number of cyclic esters (lactones) is 1. The first-order valence-electron chi connectivity index (χ1n) is 12.9. The number of nitrogens with one attached hydrogen (secondary N) is 1. The van der Waals surface area contributed by atoms with Gasteiger partial charge in [-0.1, -0.05) is 55.4 Å². The highest BCUT2D eigenvalue weighted by Gasteiger charge is 2.62. The van der Waals surface area contributed by atoms with Crippen LogP contribution in [0, 0.1) is 12.7 Å². The van der Waals surface area contributed by atoms with E-state index in [1.54, 1.807) is 12.1 Å². The van der Waals surface area contributed by atoms with Gasteiger partial charge < -0.3 is 25.4 Å². The van der Waals surface area contributed by atoms with Gasteiger partial charge >= 0.3 is 17.8 Å². The number of hydrogen-bond acceptors (Lipinski definition) is 8. The number of ether oxygens (including phenoxy) is 1. The second-order valence-corrected chi connectivity index (χ2v) is 10.6. The van der Waals surface area contributed by atoms with Crippen LogP contribution in [-0.4, -0.2) is 33.9 Å². The summed E-state index contributed by atoms with van der Waals surface area (Å²) in [6.07, 6.45) is -8.04. The van der Waals surface area contributed by atoms with Crippen LogP contribution in [0.15, 0.2) is 76.0 Å². The van der Waals surface area contributed by atoms with Crippen LogP contribution in [0.2, 0.25) is 0 Å². The molecule has 43 heavy (non-hydrogen) atoms. The van der Waals surface area contributed by atoms with Crippen LogP contribution in [-0.2, 0) is 14.9 Å². The third-order valence-electron chi connectivity index (χ3n) is 7.04. The van der Waals surface area contributed by atoms with Crippen molar-refractivity contribution in [2.75, 3.05) is 5.73 Å². The van der Waals surface area contributed by atoms with Crippen LogP contribution in [0.4, 0.5) is 23.2 Å². The van der Waals surface area contributed by atoms with E-state index in [2.05, 4.69) is 9.68 Å². The predicted molar refractivity (Wildman–Crippen MR) is 147 cm³/mol. The third kappa shape index (κ3) is 6.21. The molecule has 2 atom stereocenters. The number of hydrogen-bond donors (Lipinski definition) is 3. The van der Waals surface area contributed by atoms with Gasteiger partial charge in [0.25, 0.3) is 5.91 Å². The number of aliphatic hydroxyl groups is 1. The van der Waals surface area contributed by atoms with Crippen molar-refractivity contribution >= 4 is 28.3 Å². The Kier molecular flexibility index (Phi) is 8.32. The number of nitrogens with two attached hydrogens (primary N) is 1. The molecule has 0 bridgehead atoms. The summed E-state index contributed by atoms with van der Waals surface area (Å²) in [4.78, 5) is 35.6. The number of halogens is 4. The number of aromatic nitrogens is 1. The Morgan fingerprint density at radius 3 is 2.30 bits per heavy atom. The molecule has 4 N–H and O–H groups in total. The van der Waals surface area contributed by atoms with E-state index in [9.17, 15) is 37.1 Å². The number of nitrogen functional groups attached to an aromatic ring is 1. The molecule has 2 heterocycles. The first-order chi connectivity index (χ1) is 20.0. The van der Waals surface area contributed by atoms with Crippen LogP contribution < -0.4 is 16.7 Å². The smallest absolute Gasteiger partial charge is 0.426 e. The van der Waals surface area contributed by atoms with E-state index in [0.717, 1.165) is 23.2 Å². The van der Waals surface area contributed by atoms with E-state index < -0.39 is 47.5 Å². The Labute approximate surface area is 242 Å². The molecule has 2 unspecified atom stereocenters. The number of alkyl halides is 3. The summed E-state index contributed by atoms with van der Waals surface area (Å²) in [6.45, 7) is 4.41. The molecule has 4 aromatic rings. The van der Waals surface area contributed by atoms with Crippen molar-refractivity contribution in [1.29, 1.82) is 0 Å². The number of nitrogens with zero attached hydrogens (tertiary/aromatic N) is 1. The Bertz CT molecular complexity index is 1750. The van der Waals surface area contributed by atoms with Crippen molar-refractivity contribution in [3.05, 3.63) is 105 Å². The first kappa shape index (κ1) is 31.2. The van der Waals surface area contributed by atoms with Crippen LogP contribution in [0.5, 0.6) is 0 Å². The van der Waals surface area contributed by atoms with Crippen molar-refractivity contribution in [2.45, 2.75) is 50.6 Å². The summed E-state index contributed by atoms with van der Waals surface area (Å²) < 4.78 is 64.9. The molecule has 0 saturated heterocycles. The van der Waals surface area contributed by atoms with Gasteiger partial charge in [0.15, 0.2) is 0 Å². The quantitative estimate of drug-likeness (QED) is 0.167. The molecule has 3 aromatic carbocycles. The molecule has 1 aliphatic heterocycles. The Morgan fingerprint density at radius 2 is 1.65 bits per heavy atom. The summed E-state index contributed by atoms with van der Waals surface area (Å²) in [5, 5.41) is 17.6. The molecule has 9 nitrogen and oxygen atoms in total. The number of aryl methyl sites for hydroxylation is 1. The lowest BCUT2D eigenvalue weighted by Gasteiger charge is -2.37. The number of carbonyl (C=O) groups excluding carboxylic acids is 2. The van der Waals surface area contributed by atoms with Gasteiger partial charge in [0, 0.05) is 23.1 Å². The summed E-state index contributed by atoms with van der Waals surface area (Å²) in [6, 6.07) is 16.3. The summed E-state index contributed by atoms with van der Waals surface area (Å²) in [5.41, 5.74) is 0.991. The van der Waals surface area contributed by atoms with E-state index >= 15 is 0 Å². The number of benzene rings is 3. The van der Waals surface area contributed by atoms with Crippen molar-refractivity contribution in [1.82, 2.24) is 10.5 Å². The standard InChI is InChI=1S/C21H20F4N2O4.C9H7NO2/c1-19(2,14-9-11(22)7-8-15(14)26)10-20(30,21(23,24)25)18(29)27-16-12-5-3-4-6-13(12)17(28)31-16;1-6-7-4-2-3-5-8(7)9(11)12-10-6/h3-9,16,30H,10,26H2,1-2H3,(H,27,29);2-5H,1H3. The lowest BCUT2D eigenvalue weighted by Crippen LogP contribution is -2.59. The van der Waals surface area contributed by atoms with Crippen LogP contribution in [0.1, 0.15) is 53.7 Å². The number of carbonyl (C=O) groups is 2. The summed E-state index contributed by atoms with van der Waals surface area (Å²) >= 11 is 0. The molecule has 0 radical (unpaired) electrons. The topological polar surface area (TPSA) is 145 Å². The maximum Gasteiger partial charge on any atom is 0.426 e. The maximum atomic E-state index is 13.9. The number of amides is 1. The summed E-state index contributed by atoms with van der Waals surface area (Å²) in [7, 11) is 0. The fourth-order valence-electron chi connectivity index (χ4n) is 4.83. The molecule has 13 heteroatoms. The van der Waals surface area contributed by atoms with Gasteiger partial charge in [-0.3, -0.25) is 4.79 Å². The van der Waals surface area contributed by atoms with Crippen molar-refractivity contribution in [3.8, 4) is 0 Å². The molecule has 0 spiro atoms. The average molecular weight is 602 g/mol. The monoisotopic (exact) mass is 601 g/mol. The molecule has 0 aliphatic carbocycles. The first-order valence-corrected chi connectivity index (χ1v) is 12.9. The van der Waals surface area contributed by atoms with Gasteiger partial charge in [-0.05, 0) is 48.2 Å². The molecule has 0 fully saturated rings. The van der Waals surface area contributed by atoms with E-state index in [1.165, 1.54) is 44.2 Å². The van der Waals surface area contributed by atoms with Crippen molar-refractivity contribution < 1.29 is 41.5 Å². The minimum atomic E-state index is -5.39. The fourth-order valence-corrected chi connectivity index (χ4v) is 4.83. The highest BCUT2D eigenvalue weighted by molar-refractivity contribution is 5.95. The zero-order chi connectivity index (χ0) is 31.7. The zero-order valence-electron chi connectivity index (χ0n) is 23.2. The zero-order valence-corrected chi connectivity index (χ0v) is 23.2. The second-order valence-electron chi connectivity index (χ2n) is 10.6. The average Bonchev–Trinajstić information content (AvgIpc) is 3.26. The Hall–Kier alpha value is -4.78. The van der Waals surface area contributed by atoms with Gasteiger partial charge in [-0.2, -0.15) is 13.2 Å². The minimum absolute atomic E-state index is 0.000569. The lowest BCUT2D eigenvalue weighted by atomic mass is 9.74. The summed E-state index contributed by atoms with van der Waals surface area (Å²) in [5.74, 6) is -3.35. The predicted octanol–water partition coefficient (Wildman–Crippen LogP) is 4.85. The van der Waals surface area contributed by atoms with Gasteiger partial charge in [-0.25, -0.2) is 14.0 Å². The van der Waals surface area contributed by atoms with E-state index in [4.69, 9.17) is 10.5 Å². The van der Waals surface area contributed by atoms with Crippen LogP contribution in [0.3, 0.4) is 0 Å². The third-order valence-corrected chi connectivity index (χ3v) is 7.04. The largest absolute Gasteiger partial charge is 0.434 e. The number of fused-ring (bicyclic) bond motifs is 2. The Morgan fingerprint density at radius 1 is 1.02 bits per heavy atom. The fraction of sp³-hybridized carbons (Fsp3) is 0.267. The number of esters is 1. The van der Waals surface area contributed by atoms with Gasteiger partial charge in [0.1, 0.15) is 5.82 Å². The van der Waals surface area contributed by atoms with Gasteiger partial charge in [-0.15, -0.1) is 0 Å². The molecule has 1 amide bonds. The molecular weight excluding hydrogens is 574 g/mol. The van der Waals surface area contributed by atoms with E-state index in [1.807, 2.05) is 24.4 Å². The van der Waals surface area contributed by atoms with Crippen molar-refractivity contribution in [3.63, 3.8) is 0 Å². The number of rotatable bonds is 5. The van der Waals surface area contributed by atoms with Gasteiger partial charge in [0.2, 0.25) is 11.8 Å². The normalized spacial score (nSPS) is 16.0. The van der Waals surface area contributed by atoms with Crippen LogP contribution >= 0.6 is 0 Å². The maximum absolute atomic E-state index is 13.9. The second kappa shape index (κ2) is 11.5. The number of anilines is 1. The van der Waals surface area contributed by atoms with Gasteiger partial charge in [0.05, 0.1) is 16.6 Å². The molecule has 0 saturated carbocycles. The molecular formula is C30H27F4N3O6. The van der Waals surface area contributed by atoms with Crippen molar-refractivity contribution in [2.24, 2.45) is 0 Å². The van der Waals surface area contributed by atoms with E-state index in [0.29, 0.717) is 5.39 Å². The highest BCUT2D eigenvalue weighted by Crippen LogP contribution is 2.43. The highest BCUT2D eigenvalue weighted by atomic mass is 19.4. The molecule has 5 rings (SSSR count). The van der Waals surface area contributed by atoms with E-state index in [-0.39, 0.29) is 28.0 Å². The lowest BCUT2D eigenvalue weighted by molar-refractivity contribution is -0.258. The molecule has 226 valence electrons. The molecule has 1 aromatic heterocycles. The van der Waals surface area contributed by atoms with Crippen LogP contribution in [0.25, 0.3) is 10.8 Å². The SMILES string of the molecule is CC(C)(CC(O)(C(=O)NC1OC(=O)c2ccccc21)C(F)(F)F)c1cc(F)ccc1N.Cc1noc(=O)c2ccccc12. The molecule has 1 aliphatic rings. The Balaban J connectivity index is 0.000000292.